The lowest BCUT2D eigenvalue weighted by molar-refractivity contribution is -0.144. The van der Waals surface area contributed by atoms with Gasteiger partial charge >= 0.3 is 0 Å². The van der Waals surface area contributed by atoms with Crippen LogP contribution in [0.2, 0.25) is 10.0 Å². The van der Waals surface area contributed by atoms with Crippen molar-refractivity contribution >= 4 is 35.0 Å². The van der Waals surface area contributed by atoms with Crippen LogP contribution in [0.1, 0.15) is 19.3 Å². The molecule has 0 saturated carbocycles. The lowest BCUT2D eigenvalue weighted by Gasteiger charge is -2.43. The molecular formula is C26H30Cl2N2O5. The van der Waals surface area contributed by atoms with E-state index in [1.54, 1.807) is 41.3 Å². The number of likely N-dealkylation sites (tertiary alicyclic amines) is 1. The van der Waals surface area contributed by atoms with Gasteiger partial charge in [0.1, 0.15) is 11.5 Å². The second-order valence-electron chi connectivity index (χ2n) is 9.07. The minimum atomic E-state index is -0.497. The second-order valence-corrected chi connectivity index (χ2v) is 9.95. The number of ether oxygens (including phenoxy) is 3. The fourth-order valence-corrected chi connectivity index (χ4v) is 4.77. The molecule has 0 aliphatic carbocycles. The van der Waals surface area contributed by atoms with E-state index in [1.807, 2.05) is 17.0 Å². The summed E-state index contributed by atoms with van der Waals surface area (Å²) < 4.78 is 17.2. The van der Waals surface area contributed by atoms with Crippen LogP contribution in [0.15, 0.2) is 48.5 Å². The van der Waals surface area contributed by atoms with E-state index in [-0.39, 0.29) is 18.4 Å². The van der Waals surface area contributed by atoms with E-state index in [1.165, 1.54) is 0 Å². The standard InChI is InChI=1S/C26H30Cl2N2O5/c27-20-2-6-22(7-3-20)34-17-25(32)30-11-1-10-26(18-30,16-24(31)29-12-14-33-15-13-29)19-35-23-8-4-21(28)5-9-23/h2-9H,1,10-19H2. The molecule has 0 radical (unpaired) electrons. The van der Waals surface area contributed by atoms with Crippen molar-refractivity contribution in [2.75, 3.05) is 52.6 Å². The molecule has 1 atom stereocenters. The number of nitrogens with zero attached hydrogens (tertiary/aromatic N) is 2. The zero-order valence-corrected chi connectivity index (χ0v) is 21.1. The molecule has 2 aromatic rings. The summed E-state index contributed by atoms with van der Waals surface area (Å²) in [6.07, 6.45) is 1.88. The molecule has 2 fully saturated rings. The third-order valence-electron chi connectivity index (χ3n) is 6.44. The highest BCUT2D eigenvalue weighted by Crippen LogP contribution is 2.35. The highest BCUT2D eigenvalue weighted by atomic mass is 35.5. The van der Waals surface area contributed by atoms with Gasteiger partial charge in [-0.25, -0.2) is 0 Å². The number of halogens is 2. The summed E-state index contributed by atoms with van der Waals surface area (Å²) in [7, 11) is 0. The summed E-state index contributed by atoms with van der Waals surface area (Å²) in [5, 5.41) is 1.24. The van der Waals surface area contributed by atoms with Crippen LogP contribution in [0.25, 0.3) is 0 Å². The van der Waals surface area contributed by atoms with E-state index in [0.29, 0.717) is 74.0 Å². The lowest BCUT2D eigenvalue weighted by Crippen LogP contribution is -2.52. The maximum absolute atomic E-state index is 13.2. The molecule has 2 saturated heterocycles. The van der Waals surface area contributed by atoms with Gasteiger partial charge in [0.15, 0.2) is 6.61 Å². The fourth-order valence-electron chi connectivity index (χ4n) is 4.51. The second kappa shape index (κ2) is 12.0. The van der Waals surface area contributed by atoms with E-state index in [2.05, 4.69) is 0 Å². The van der Waals surface area contributed by atoms with Crippen LogP contribution < -0.4 is 9.47 Å². The van der Waals surface area contributed by atoms with Crippen molar-refractivity contribution in [2.45, 2.75) is 19.3 Å². The molecule has 1 unspecified atom stereocenters. The molecule has 0 N–H and O–H groups in total. The van der Waals surface area contributed by atoms with Crippen LogP contribution >= 0.6 is 23.2 Å². The Morgan fingerprint density at radius 2 is 1.43 bits per heavy atom. The van der Waals surface area contributed by atoms with Crippen molar-refractivity contribution in [1.82, 2.24) is 9.80 Å². The average Bonchev–Trinajstić information content (AvgIpc) is 2.88. The van der Waals surface area contributed by atoms with Gasteiger partial charge in [-0.2, -0.15) is 0 Å². The summed E-state index contributed by atoms with van der Waals surface area (Å²) in [6, 6.07) is 14.1. The molecule has 0 aromatic heterocycles. The molecule has 2 aromatic carbocycles. The molecule has 35 heavy (non-hydrogen) atoms. The molecule has 0 spiro atoms. The van der Waals surface area contributed by atoms with Crippen molar-refractivity contribution in [3.63, 3.8) is 0 Å². The molecule has 2 amide bonds. The molecule has 7 nitrogen and oxygen atoms in total. The fraction of sp³-hybridized carbons (Fsp3) is 0.462. The third-order valence-corrected chi connectivity index (χ3v) is 6.94. The largest absolute Gasteiger partial charge is 0.493 e. The van der Waals surface area contributed by atoms with Crippen molar-refractivity contribution in [3.05, 3.63) is 58.6 Å². The summed E-state index contributed by atoms with van der Waals surface area (Å²) in [4.78, 5) is 29.9. The van der Waals surface area contributed by atoms with Crippen LogP contribution in [0.4, 0.5) is 0 Å². The number of carbonyl (C=O) groups excluding carboxylic acids is 2. The Morgan fingerprint density at radius 3 is 2.06 bits per heavy atom. The molecule has 2 heterocycles. The minimum Gasteiger partial charge on any atom is -0.493 e. The van der Waals surface area contributed by atoms with E-state index >= 15 is 0 Å². The number of rotatable bonds is 8. The number of morpholine rings is 1. The first-order valence-electron chi connectivity index (χ1n) is 11.8. The lowest BCUT2D eigenvalue weighted by atomic mass is 9.77. The molecule has 2 aliphatic rings. The highest BCUT2D eigenvalue weighted by Gasteiger charge is 2.41. The minimum absolute atomic E-state index is 0.0692. The van der Waals surface area contributed by atoms with Crippen LogP contribution in [-0.4, -0.2) is 74.2 Å². The topological polar surface area (TPSA) is 68.3 Å². The van der Waals surface area contributed by atoms with Crippen LogP contribution in [0.3, 0.4) is 0 Å². The SMILES string of the molecule is O=C(CC1(COc2ccc(Cl)cc2)CCCN(C(=O)COc2ccc(Cl)cc2)C1)N1CCOCC1. The number of carbonyl (C=O) groups is 2. The Balaban J connectivity index is 1.43. The van der Waals surface area contributed by atoms with Gasteiger partial charge in [0.2, 0.25) is 5.91 Å². The Kier molecular flexibility index (Phi) is 8.76. The summed E-state index contributed by atoms with van der Waals surface area (Å²) >= 11 is 11.9. The van der Waals surface area contributed by atoms with Crippen molar-refractivity contribution in [2.24, 2.45) is 5.41 Å². The number of hydrogen-bond donors (Lipinski definition) is 0. The number of hydrogen-bond acceptors (Lipinski definition) is 5. The monoisotopic (exact) mass is 520 g/mol. The molecule has 4 rings (SSSR count). The van der Waals surface area contributed by atoms with Gasteiger partial charge in [-0.3, -0.25) is 9.59 Å². The Labute approximate surface area is 215 Å². The van der Waals surface area contributed by atoms with Gasteiger partial charge in [-0.05, 0) is 61.4 Å². The summed E-state index contributed by atoms with van der Waals surface area (Å²) in [5.74, 6) is 1.22. The van der Waals surface area contributed by atoms with Gasteiger partial charge in [0.05, 0.1) is 19.8 Å². The van der Waals surface area contributed by atoms with Crippen LogP contribution in [0.5, 0.6) is 11.5 Å². The molecule has 9 heteroatoms. The van der Waals surface area contributed by atoms with Crippen LogP contribution in [-0.2, 0) is 14.3 Å². The van der Waals surface area contributed by atoms with E-state index < -0.39 is 5.41 Å². The van der Waals surface area contributed by atoms with Crippen molar-refractivity contribution < 1.29 is 23.8 Å². The first-order valence-corrected chi connectivity index (χ1v) is 12.6. The van der Waals surface area contributed by atoms with Crippen molar-refractivity contribution in [3.8, 4) is 11.5 Å². The highest BCUT2D eigenvalue weighted by molar-refractivity contribution is 6.30. The van der Waals surface area contributed by atoms with E-state index in [4.69, 9.17) is 37.4 Å². The predicted molar refractivity (Wildman–Crippen MR) is 134 cm³/mol. The normalized spacial score (nSPS) is 20.4. The maximum atomic E-state index is 13.2. The quantitative estimate of drug-likeness (QED) is 0.518. The third kappa shape index (κ3) is 7.26. The average molecular weight is 521 g/mol. The van der Waals surface area contributed by atoms with Gasteiger partial charge < -0.3 is 24.0 Å². The van der Waals surface area contributed by atoms with E-state index in [0.717, 1.165) is 12.8 Å². The number of piperidine rings is 1. The van der Waals surface area contributed by atoms with Crippen LogP contribution in [0, 0.1) is 5.41 Å². The van der Waals surface area contributed by atoms with Gasteiger partial charge in [0, 0.05) is 48.1 Å². The molecule has 2 aliphatic heterocycles. The van der Waals surface area contributed by atoms with Gasteiger partial charge in [0.25, 0.3) is 5.91 Å². The van der Waals surface area contributed by atoms with Crippen molar-refractivity contribution in [1.29, 1.82) is 0 Å². The summed E-state index contributed by atoms with van der Waals surface area (Å²) in [5.41, 5.74) is -0.497. The van der Waals surface area contributed by atoms with Gasteiger partial charge in [-0.1, -0.05) is 23.2 Å². The van der Waals surface area contributed by atoms with E-state index in [9.17, 15) is 9.59 Å². The first kappa shape index (κ1) is 25.6. The molecular weight excluding hydrogens is 491 g/mol. The number of amides is 2. The Morgan fingerprint density at radius 1 is 0.829 bits per heavy atom. The molecule has 0 bridgehead atoms. The first-order chi connectivity index (χ1) is 16.9. The smallest absolute Gasteiger partial charge is 0.260 e. The summed E-state index contributed by atoms with van der Waals surface area (Å²) in [6.45, 7) is 3.57. The zero-order chi connectivity index (χ0) is 24.7. The Hall–Kier alpha value is -2.48. The molecule has 188 valence electrons. The number of benzene rings is 2. The predicted octanol–water partition coefficient (Wildman–Crippen LogP) is 4.31. The van der Waals surface area contributed by atoms with Gasteiger partial charge in [-0.15, -0.1) is 0 Å². The maximum Gasteiger partial charge on any atom is 0.260 e. The zero-order valence-electron chi connectivity index (χ0n) is 19.6. The Bertz CT molecular complexity index is 996.